The maximum atomic E-state index is 11.7. The fraction of sp³-hybridized carbons (Fsp3) is 0.273. The summed E-state index contributed by atoms with van der Waals surface area (Å²) in [6.45, 7) is 2.18. The van der Waals surface area contributed by atoms with Crippen LogP contribution in [-0.4, -0.2) is 17.0 Å². The summed E-state index contributed by atoms with van der Waals surface area (Å²) in [6, 6.07) is 3.83. The van der Waals surface area contributed by atoms with E-state index >= 15 is 0 Å². The van der Waals surface area contributed by atoms with E-state index in [1.54, 1.807) is 13.1 Å². The van der Waals surface area contributed by atoms with E-state index in [4.69, 9.17) is 4.74 Å². The molecule has 0 amide bonds. The highest BCUT2D eigenvalue weighted by atomic mass is 79.9. The molecule has 0 saturated carbocycles. The highest BCUT2D eigenvalue weighted by Gasteiger charge is 2.21. The lowest BCUT2D eigenvalue weighted by Crippen LogP contribution is -2.25. The summed E-state index contributed by atoms with van der Waals surface area (Å²) in [5.74, 6) is -0.305. The van der Waals surface area contributed by atoms with Crippen molar-refractivity contribution in [2.24, 2.45) is 7.05 Å². The Balaban J connectivity index is 2.59. The molecular formula is C11H12BrN2O2+. The van der Waals surface area contributed by atoms with Crippen LogP contribution in [0.3, 0.4) is 0 Å². The molecule has 0 unspecified atom stereocenters. The SMILES string of the molecule is CCOC(=O)c1c[n+](C)c2cc(Br)ccn12. The van der Waals surface area contributed by atoms with Crippen LogP contribution in [0.15, 0.2) is 29.0 Å². The van der Waals surface area contributed by atoms with E-state index in [1.165, 1.54) is 0 Å². The lowest BCUT2D eigenvalue weighted by molar-refractivity contribution is -0.644. The molecule has 0 aromatic carbocycles. The summed E-state index contributed by atoms with van der Waals surface area (Å²) < 4.78 is 9.67. The van der Waals surface area contributed by atoms with Crippen molar-refractivity contribution in [1.82, 2.24) is 4.40 Å². The van der Waals surface area contributed by atoms with Gasteiger partial charge < -0.3 is 4.74 Å². The fourth-order valence-electron chi connectivity index (χ4n) is 1.61. The minimum Gasteiger partial charge on any atom is -0.460 e. The molecule has 0 radical (unpaired) electrons. The van der Waals surface area contributed by atoms with Gasteiger partial charge in [0.2, 0.25) is 0 Å². The zero-order chi connectivity index (χ0) is 11.7. The maximum absolute atomic E-state index is 11.7. The van der Waals surface area contributed by atoms with Gasteiger partial charge in [0.1, 0.15) is 6.20 Å². The predicted octanol–water partition coefficient (Wildman–Crippen LogP) is 1.70. The Bertz CT molecular complexity index is 548. The zero-order valence-corrected chi connectivity index (χ0v) is 10.7. The summed E-state index contributed by atoms with van der Waals surface area (Å²) in [5, 5.41) is 0. The minimum atomic E-state index is -0.305. The van der Waals surface area contributed by atoms with Crippen LogP contribution in [-0.2, 0) is 11.8 Å². The molecule has 0 N–H and O–H groups in total. The average Bonchev–Trinajstić information content (AvgIpc) is 2.56. The minimum absolute atomic E-state index is 0.305. The molecule has 84 valence electrons. The number of esters is 1. The second-order valence-electron chi connectivity index (χ2n) is 3.42. The molecule has 2 aromatic heterocycles. The highest BCUT2D eigenvalue weighted by molar-refractivity contribution is 9.10. The number of rotatable bonds is 2. The van der Waals surface area contributed by atoms with Crippen molar-refractivity contribution in [1.29, 1.82) is 0 Å². The van der Waals surface area contributed by atoms with Crippen LogP contribution in [0, 0.1) is 0 Å². The van der Waals surface area contributed by atoms with Crippen LogP contribution in [0.25, 0.3) is 5.65 Å². The van der Waals surface area contributed by atoms with E-state index in [-0.39, 0.29) is 5.97 Å². The predicted molar refractivity (Wildman–Crippen MR) is 62.2 cm³/mol. The quantitative estimate of drug-likeness (QED) is 0.621. The van der Waals surface area contributed by atoms with Crippen molar-refractivity contribution >= 4 is 27.5 Å². The maximum Gasteiger partial charge on any atom is 0.382 e. The number of nitrogens with zero attached hydrogens (tertiary/aromatic N) is 2. The first-order chi connectivity index (χ1) is 7.63. The first kappa shape index (κ1) is 11.1. The fourth-order valence-corrected chi connectivity index (χ4v) is 1.93. The highest BCUT2D eigenvalue weighted by Crippen LogP contribution is 2.13. The third kappa shape index (κ3) is 1.82. The van der Waals surface area contributed by atoms with Gasteiger partial charge in [-0.15, -0.1) is 0 Å². The molecule has 0 atom stereocenters. The molecule has 0 spiro atoms. The van der Waals surface area contributed by atoms with Gasteiger partial charge in [-0.25, -0.2) is 9.36 Å². The van der Waals surface area contributed by atoms with Gasteiger partial charge in [0.05, 0.1) is 19.9 Å². The van der Waals surface area contributed by atoms with Gasteiger partial charge in [-0.3, -0.25) is 0 Å². The standard InChI is InChI=1S/C11H12BrN2O2/c1-3-16-11(15)9-7-13(2)10-6-8(12)4-5-14(9)10/h4-7H,3H2,1-2H3/q+1. The van der Waals surface area contributed by atoms with Crippen LogP contribution < -0.4 is 4.57 Å². The Labute approximate surface area is 102 Å². The molecule has 2 aromatic rings. The molecule has 0 aliphatic heterocycles. The number of carbonyl (C=O) groups is 1. The molecular weight excluding hydrogens is 272 g/mol. The second-order valence-corrected chi connectivity index (χ2v) is 4.33. The smallest absolute Gasteiger partial charge is 0.382 e. The second kappa shape index (κ2) is 4.25. The van der Waals surface area contributed by atoms with Crippen molar-refractivity contribution in [3.8, 4) is 0 Å². The number of carbonyl (C=O) groups excluding carboxylic acids is 1. The van der Waals surface area contributed by atoms with E-state index in [9.17, 15) is 4.79 Å². The van der Waals surface area contributed by atoms with Gasteiger partial charge in [-0.1, -0.05) is 15.9 Å². The molecule has 0 aliphatic carbocycles. The van der Waals surface area contributed by atoms with Gasteiger partial charge >= 0.3 is 5.97 Å². The number of pyridine rings is 1. The lowest BCUT2D eigenvalue weighted by atomic mass is 10.4. The summed E-state index contributed by atoms with van der Waals surface area (Å²) in [4.78, 5) is 11.7. The third-order valence-electron chi connectivity index (χ3n) is 2.32. The third-order valence-corrected chi connectivity index (χ3v) is 2.81. The first-order valence-electron chi connectivity index (χ1n) is 4.97. The topological polar surface area (TPSA) is 34.6 Å². The molecule has 2 heterocycles. The number of imidazole rings is 1. The lowest BCUT2D eigenvalue weighted by Gasteiger charge is -1.96. The van der Waals surface area contributed by atoms with Gasteiger partial charge in [-0.05, 0) is 13.0 Å². The summed E-state index contributed by atoms with van der Waals surface area (Å²) in [6.07, 6.45) is 3.60. The van der Waals surface area contributed by atoms with Crippen molar-refractivity contribution in [2.45, 2.75) is 6.92 Å². The van der Waals surface area contributed by atoms with Gasteiger partial charge in [-0.2, -0.15) is 4.40 Å². The summed E-state index contributed by atoms with van der Waals surface area (Å²) >= 11 is 3.40. The van der Waals surface area contributed by atoms with Crippen molar-refractivity contribution in [3.05, 3.63) is 34.7 Å². The summed E-state index contributed by atoms with van der Waals surface area (Å²) in [5.41, 5.74) is 1.46. The molecule has 4 nitrogen and oxygen atoms in total. The van der Waals surface area contributed by atoms with E-state index in [1.807, 2.05) is 34.3 Å². The van der Waals surface area contributed by atoms with Gasteiger partial charge in [0, 0.05) is 10.5 Å². The van der Waals surface area contributed by atoms with Crippen LogP contribution in [0.5, 0.6) is 0 Å². The molecule has 0 saturated heterocycles. The monoisotopic (exact) mass is 283 g/mol. The zero-order valence-electron chi connectivity index (χ0n) is 9.11. The Morgan fingerprint density at radius 2 is 2.38 bits per heavy atom. The number of ether oxygens (including phenoxy) is 1. The number of halogens is 1. The van der Waals surface area contributed by atoms with E-state index in [0.29, 0.717) is 12.3 Å². The summed E-state index contributed by atoms with van der Waals surface area (Å²) in [7, 11) is 1.89. The van der Waals surface area contributed by atoms with Crippen LogP contribution in [0.4, 0.5) is 0 Å². The molecule has 0 fully saturated rings. The molecule has 0 aliphatic rings. The number of aromatic nitrogens is 2. The van der Waals surface area contributed by atoms with E-state index in [2.05, 4.69) is 15.9 Å². The van der Waals surface area contributed by atoms with Crippen LogP contribution >= 0.6 is 15.9 Å². The van der Waals surface area contributed by atoms with E-state index in [0.717, 1.165) is 10.1 Å². The molecule has 0 bridgehead atoms. The largest absolute Gasteiger partial charge is 0.460 e. The molecule has 5 heteroatoms. The van der Waals surface area contributed by atoms with E-state index < -0.39 is 0 Å². The van der Waals surface area contributed by atoms with Crippen LogP contribution in [0.2, 0.25) is 0 Å². The van der Waals surface area contributed by atoms with Crippen molar-refractivity contribution in [2.75, 3.05) is 6.61 Å². The number of hydrogen-bond donors (Lipinski definition) is 0. The average molecular weight is 284 g/mol. The first-order valence-corrected chi connectivity index (χ1v) is 5.76. The molecule has 16 heavy (non-hydrogen) atoms. The van der Waals surface area contributed by atoms with Gasteiger partial charge in [0.15, 0.2) is 0 Å². The normalized spacial score (nSPS) is 10.7. The van der Waals surface area contributed by atoms with Crippen molar-refractivity contribution < 1.29 is 14.1 Å². The Hall–Kier alpha value is -1.36. The Kier molecular flexibility index (Phi) is 2.96. The van der Waals surface area contributed by atoms with Crippen LogP contribution in [0.1, 0.15) is 17.4 Å². The Morgan fingerprint density at radius 1 is 1.62 bits per heavy atom. The number of fused-ring (bicyclic) bond motifs is 1. The number of aryl methyl sites for hydroxylation is 1. The number of hydrogen-bond acceptors (Lipinski definition) is 2. The van der Waals surface area contributed by atoms with Gasteiger partial charge in [0.25, 0.3) is 11.3 Å². The van der Waals surface area contributed by atoms with Crippen molar-refractivity contribution in [3.63, 3.8) is 0 Å². The molecule has 2 rings (SSSR count). The Morgan fingerprint density at radius 3 is 3.06 bits per heavy atom.